The Labute approximate surface area is 115 Å². The minimum Gasteiger partial charge on any atom is -0.469 e. The van der Waals surface area contributed by atoms with Crippen molar-refractivity contribution >= 4 is 16.2 Å². The van der Waals surface area contributed by atoms with E-state index in [9.17, 15) is 13.2 Å². The lowest BCUT2D eigenvalue weighted by Gasteiger charge is -2.22. The maximum absolute atomic E-state index is 12.0. The number of esters is 1. The monoisotopic (exact) mass is 296 g/mol. The average molecular weight is 296 g/mol. The third kappa shape index (κ3) is 7.46. The molecule has 1 unspecified atom stereocenters. The molecule has 0 aliphatic rings. The van der Waals surface area contributed by atoms with Gasteiger partial charge < -0.3 is 9.47 Å². The molecule has 0 saturated heterocycles. The Hall–Kier alpha value is -0.700. The number of rotatable bonds is 10. The number of carbonyl (C=O) groups is 1. The zero-order valence-electron chi connectivity index (χ0n) is 12.0. The lowest BCUT2D eigenvalue weighted by molar-refractivity contribution is -0.140. The molecular weight excluding hydrogens is 272 g/mol. The maximum atomic E-state index is 12.0. The zero-order valence-corrected chi connectivity index (χ0v) is 12.8. The summed E-state index contributed by atoms with van der Waals surface area (Å²) in [6.07, 6.45) is 1.57. The third-order valence-corrected chi connectivity index (χ3v) is 4.22. The highest BCUT2D eigenvalue weighted by Crippen LogP contribution is 2.03. The van der Waals surface area contributed by atoms with E-state index in [1.807, 2.05) is 6.92 Å². The lowest BCUT2D eigenvalue weighted by atomic mass is 10.2. The van der Waals surface area contributed by atoms with Crippen molar-refractivity contribution in [3.8, 4) is 0 Å². The first-order valence-electron chi connectivity index (χ1n) is 6.16. The summed E-state index contributed by atoms with van der Waals surface area (Å²) in [7, 11) is 0.600. The van der Waals surface area contributed by atoms with E-state index in [1.165, 1.54) is 21.3 Å². The molecule has 1 N–H and O–H groups in total. The maximum Gasteiger partial charge on any atom is 0.306 e. The number of ether oxygens (including phenoxy) is 2. The van der Waals surface area contributed by atoms with Crippen molar-refractivity contribution < 1.29 is 22.7 Å². The number of methoxy groups -OCH3 is 2. The van der Waals surface area contributed by atoms with Gasteiger partial charge in [-0.25, -0.2) is 0 Å². The van der Waals surface area contributed by atoms with Gasteiger partial charge >= 0.3 is 5.97 Å². The van der Waals surface area contributed by atoms with Gasteiger partial charge in [-0.15, -0.1) is 0 Å². The van der Waals surface area contributed by atoms with Crippen molar-refractivity contribution in [2.24, 2.45) is 0 Å². The second-order valence-electron chi connectivity index (χ2n) is 4.21. The number of hydrogen-bond acceptors (Lipinski definition) is 5. The molecule has 0 rings (SSSR count). The first-order chi connectivity index (χ1) is 8.87. The molecule has 0 amide bonds. The van der Waals surface area contributed by atoms with E-state index in [1.54, 1.807) is 0 Å². The van der Waals surface area contributed by atoms with Crippen LogP contribution in [0.25, 0.3) is 0 Å². The van der Waals surface area contributed by atoms with Crippen LogP contribution in [-0.4, -0.2) is 59.2 Å². The van der Waals surface area contributed by atoms with E-state index in [4.69, 9.17) is 4.74 Å². The Kier molecular flexibility index (Phi) is 8.90. The summed E-state index contributed by atoms with van der Waals surface area (Å²) in [5, 5.41) is 0. The van der Waals surface area contributed by atoms with Crippen LogP contribution in [0.1, 0.15) is 26.2 Å². The van der Waals surface area contributed by atoms with Gasteiger partial charge in [-0.1, -0.05) is 13.3 Å². The predicted molar refractivity (Wildman–Crippen MR) is 71.9 cm³/mol. The van der Waals surface area contributed by atoms with E-state index in [-0.39, 0.29) is 19.0 Å². The van der Waals surface area contributed by atoms with Crippen LogP contribution in [0.15, 0.2) is 0 Å². The smallest absolute Gasteiger partial charge is 0.306 e. The van der Waals surface area contributed by atoms with Gasteiger partial charge in [0.2, 0.25) is 0 Å². The van der Waals surface area contributed by atoms with Gasteiger partial charge in [0.25, 0.3) is 10.2 Å². The van der Waals surface area contributed by atoms with Crippen molar-refractivity contribution in [1.82, 2.24) is 9.03 Å². The fourth-order valence-corrected chi connectivity index (χ4v) is 2.62. The van der Waals surface area contributed by atoms with Crippen LogP contribution in [0.4, 0.5) is 0 Å². The minimum atomic E-state index is -3.61. The highest BCUT2D eigenvalue weighted by molar-refractivity contribution is 7.87. The molecule has 0 aliphatic carbocycles. The van der Waals surface area contributed by atoms with Crippen molar-refractivity contribution in [2.45, 2.75) is 32.2 Å². The predicted octanol–water partition coefficient (Wildman–Crippen LogP) is 0.131. The Morgan fingerprint density at radius 3 is 2.47 bits per heavy atom. The molecule has 0 aromatic rings. The Balaban J connectivity index is 4.44. The van der Waals surface area contributed by atoms with Gasteiger partial charge in [-0.2, -0.15) is 17.4 Å². The van der Waals surface area contributed by atoms with Crippen molar-refractivity contribution in [2.75, 3.05) is 34.4 Å². The fourth-order valence-electron chi connectivity index (χ4n) is 1.50. The number of nitrogens with one attached hydrogen (secondary N) is 1. The van der Waals surface area contributed by atoms with Gasteiger partial charge in [0.05, 0.1) is 20.1 Å². The Morgan fingerprint density at radius 2 is 2.00 bits per heavy atom. The quantitative estimate of drug-likeness (QED) is 0.579. The van der Waals surface area contributed by atoms with Crippen molar-refractivity contribution in [3.05, 3.63) is 0 Å². The lowest BCUT2D eigenvalue weighted by Crippen LogP contribution is -2.45. The van der Waals surface area contributed by atoms with Gasteiger partial charge in [0, 0.05) is 26.7 Å². The summed E-state index contributed by atoms with van der Waals surface area (Å²) < 4.78 is 37.1. The summed E-state index contributed by atoms with van der Waals surface area (Å²) in [5.41, 5.74) is 0. The summed E-state index contributed by atoms with van der Waals surface area (Å²) in [5.74, 6) is -0.441. The topological polar surface area (TPSA) is 84.9 Å². The van der Waals surface area contributed by atoms with Crippen LogP contribution >= 0.6 is 0 Å². The van der Waals surface area contributed by atoms with E-state index in [0.29, 0.717) is 13.0 Å². The molecule has 19 heavy (non-hydrogen) atoms. The number of hydrogen-bond donors (Lipinski definition) is 1. The number of nitrogens with zero attached hydrogens (tertiary/aromatic N) is 1. The Bertz CT molecular complexity index is 352. The summed E-state index contributed by atoms with van der Waals surface area (Å²) in [6, 6.07) is -0.263. The van der Waals surface area contributed by atoms with Crippen LogP contribution in [0.3, 0.4) is 0 Å². The first kappa shape index (κ1) is 18.3. The molecule has 0 bridgehead atoms. The fraction of sp³-hybridized carbons (Fsp3) is 0.909. The SMILES string of the molecule is CCCC(COC)NS(=O)(=O)N(C)CCC(=O)OC. The van der Waals surface area contributed by atoms with Crippen LogP contribution in [0.5, 0.6) is 0 Å². The summed E-state index contributed by atoms with van der Waals surface area (Å²) >= 11 is 0. The molecule has 0 radical (unpaired) electrons. The van der Waals surface area contributed by atoms with E-state index < -0.39 is 16.2 Å². The molecule has 8 heteroatoms. The molecule has 0 spiro atoms. The number of carbonyl (C=O) groups excluding carboxylic acids is 1. The molecule has 0 aromatic heterocycles. The highest BCUT2D eigenvalue weighted by atomic mass is 32.2. The summed E-state index contributed by atoms with van der Waals surface area (Å²) in [4.78, 5) is 11.0. The van der Waals surface area contributed by atoms with Crippen LogP contribution in [0.2, 0.25) is 0 Å². The molecule has 0 heterocycles. The molecule has 7 nitrogen and oxygen atoms in total. The molecule has 0 saturated carbocycles. The molecule has 0 fully saturated rings. The average Bonchev–Trinajstić information content (AvgIpc) is 2.35. The van der Waals surface area contributed by atoms with E-state index in [2.05, 4.69) is 9.46 Å². The molecule has 0 aromatic carbocycles. The molecular formula is C11H24N2O5S. The van der Waals surface area contributed by atoms with Gasteiger partial charge in [0.15, 0.2) is 0 Å². The summed E-state index contributed by atoms with van der Waals surface area (Å²) in [6.45, 7) is 2.36. The highest BCUT2D eigenvalue weighted by Gasteiger charge is 2.22. The molecule has 114 valence electrons. The first-order valence-corrected chi connectivity index (χ1v) is 7.60. The second kappa shape index (κ2) is 9.24. The van der Waals surface area contributed by atoms with Crippen LogP contribution < -0.4 is 4.72 Å². The van der Waals surface area contributed by atoms with Gasteiger partial charge in [-0.3, -0.25) is 4.79 Å². The zero-order chi connectivity index (χ0) is 14.9. The van der Waals surface area contributed by atoms with Crippen LogP contribution in [0, 0.1) is 0 Å². The van der Waals surface area contributed by atoms with Gasteiger partial charge in [0.1, 0.15) is 0 Å². The van der Waals surface area contributed by atoms with Gasteiger partial charge in [-0.05, 0) is 6.42 Å². The minimum absolute atomic E-state index is 0.0244. The third-order valence-electron chi connectivity index (χ3n) is 2.59. The van der Waals surface area contributed by atoms with E-state index in [0.717, 1.165) is 10.7 Å². The largest absolute Gasteiger partial charge is 0.469 e. The van der Waals surface area contributed by atoms with E-state index >= 15 is 0 Å². The molecule has 0 aliphatic heterocycles. The van der Waals surface area contributed by atoms with Crippen molar-refractivity contribution in [1.29, 1.82) is 0 Å². The normalized spacial score (nSPS) is 13.5. The standard InChI is InChI=1S/C11H24N2O5S/c1-5-6-10(9-17-3)12-19(15,16)13(2)8-7-11(14)18-4/h10,12H,5-9H2,1-4H3. The van der Waals surface area contributed by atoms with Crippen LogP contribution in [-0.2, 0) is 24.5 Å². The molecule has 1 atom stereocenters. The van der Waals surface area contributed by atoms with Crippen molar-refractivity contribution in [3.63, 3.8) is 0 Å². The Morgan fingerprint density at radius 1 is 1.37 bits per heavy atom. The second-order valence-corrected chi connectivity index (χ2v) is 6.02.